The van der Waals surface area contributed by atoms with Crippen LogP contribution in [0.5, 0.6) is 0 Å². The summed E-state index contributed by atoms with van der Waals surface area (Å²) in [4.78, 5) is 36.6. The fourth-order valence-electron chi connectivity index (χ4n) is 2.58. The van der Waals surface area contributed by atoms with Crippen molar-refractivity contribution in [2.24, 2.45) is 0 Å². The van der Waals surface area contributed by atoms with Crippen molar-refractivity contribution in [3.05, 3.63) is 59.2 Å². The maximum atomic E-state index is 12.2. The molecule has 0 fully saturated rings. The van der Waals surface area contributed by atoms with Gasteiger partial charge in [0, 0.05) is 0 Å². The summed E-state index contributed by atoms with van der Waals surface area (Å²) in [6.45, 7) is 0. The first-order chi connectivity index (χ1) is 11.6. The Morgan fingerprint density at radius 2 is 1.67 bits per heavy atom. The van der Waals surface area contributed by atoms with Crippen molar-refractivity contribution in [2.45, 2.75) is 6.42 Å². The highest BCUT2D eigenvalue weighted by Crippen LogP contribution is 2.21. The van der Waals surface area contributed by atoms with Crippen LogP contribution in [0.4, 0.5) is 0 Å². The van der Waals surface area contributed by atoms with E-state index in [2.05, 4.69) is 14.2 Å². The van der Waals surface area contributed by atoms with Gasteiger partial charge in [-0.25, -0.2) is 0 Å². The molecule has 1 aliphatic rings. The molecule has 0 saturated carbocycles. The number of aromatic nitrogens is 2. The van der Waals surface area contributed by atoms with Crippen LogP contribution in [0, 0.1) is 0 Å². The lowest BCUT2D eigenvalue weighted by Gasteiger charge is -2.14. The third kappa shape index (κ3) is 2.33. The van der Waals surface area contributed by atoms with Crippen molar-refractivity contribution in [1.29, 1.82) is 0 Å². The van der Waals surface area contributed by atoms with E-state index in [0.29, 0.717) is 5.52 Å². The molecule has 7 nitrogen and oxygen atoms in total. The highest BCUT2D eigenvalue weighted by Gasteiger charge is 2.36. The topological polar surface area (TPSA) is 92.3 Å². The molecule has 8 heteroatoms. The fraction of sp³-hybridized carbons (Fsp3) is 0.0625. The van der Waals surface area contributed by atoms with Gasteiger partial charge in [0.05, 0.1) is 29.3 Å². The third-order valence-electron chi connectivity index (χ3n) is 3.71. The van der Waals surface area contributed by atoms with Gasteiger partial charge in [-0.3, -0.25) is 19.8 Å². The molecule has 2 heterocycles. The van der Waals surface area contributed by atoms with Crippen LogP contribution in [0.3, 0.4) is 0 Å². The van der Waals surface area contributed by atoms with Gasteiger partial charge in [-0.15, -0.1) is 0 Å². The first-order valence-corrected chi connectivity index (χ1v) is 7.85. The van der Waals surface area contributed by atoms with E-state index in [4.69, 9.17) is 0 Å². The second kappa shape index (κ2) is 5.50. The van der Waals surface area contributed by atoms with Crippen LogP contribution in [0.15, 0.2) is 42.5 Å². The number of hydrogen-bond donors (Lipinski definition) is 1. The molecular weight excluding hydrogens is 328 g/mol. The number of nitrogens with zero attached hydrogens (tertiary/aromatic N) is 3. The monoisotopic (exact) mass is 338 g/mol. The van der Waals surface area contributed by atoms with Crippen molar-refractivity contribution < 1.29 is 14.4 Å². The zero-order valence-corrected chi connectivity index (χ0v) is 13.0. The molecule has 0 bridgehead atoms. The first kappa shape index (κ1) is 14.5. The summed E-state index contributed by atoms with van der Waals surface area (Å²) in [6.07, 6.45) is 0.0286. The van der Waals surface area contributed by atoms with Gasteiger partial charge in [0.25, 0.3) is 11.8 Å². The Labute approximate surface area is 140 Å². The number of nitrogens with one attached hydrogen (secondary N) is 1. The van der Waals surface area contributed by atoms with Crippen LogP contribution < -0.4 is 5.43 Å². The first-order valence-electron chi connectivity index (χ1n) is 7.12. The largest absolute Gasteiger partial charge is 0.280 e. The molecule has 0 aliphatic carbocycles. The van der Waals surface area contributed by atoms with Crippen molar-refractivity contribution >= 4 is 40.5 Å². The molecule has 4 rings (SSSR count). The Bertz CT molecular complexity index is 963. The number of rotatable bonds is 3. The quantitative estimate of drug-likeness (QED) is 0.732. The predicted molar refractivity (Wildman–Crippen MR) is 86.2 cm³/mol. The summed E-state index contributed by atoms with van der Waals surface area (Å²) in [6, 6.07) is 11.8. The molecule has 2 aromatic carbocycles. The molecule has 3 aromatic rings. The lowest BCUT2D eigenvalue weighted by atomic mass is 10.1. The van der Waals surface area contributed by atoms with Gasteiger partial charge >= 0.3 is 0 Å². The van der Waals surface area contributed by atoms with E-state index >= 15 is 0 Å². The molecule has 0 spiro atoms. The molecule has 3 amide bonds. The SMILES string of the molecule is O=C(Cc1ccc2nsnc2c1)NN1C(=O)c2ccccc2C1=O. The summed E-state index contributed by atoms with van der Waals surface area (Å²) in [5.74, 6) is -1.50. The van der Waals surface area contributed by atoms with E-state index in [1.807, 2.05) is 0 Å². The Morgan fingerprint density at radius 1 is 1.00 bits per heavy atom. The van der Waals surface area contributed by atoms with E-state index in [1.165, 1.54) is 0 Å². The smallest absolute Gasteiger partial charge is 0.273 e. The minimum Gasteiger partial charge on any atom is -0.273 e. The zero-order chi connectivity index (χ0) is 16.7. The van der Waals surface area contributed by atoms with Crippen LogP contribution in [0.1, 0.15) is 26.3 Å². The summed E-state index contributed by atoms with van der Waals surface area (Å²) < 4.78 is 8.22. The minimum absolute atomic E-state index is 0.0286. The van der Waals surface area contributed by atoms with Crippen LogP contribution in [0.25, 0.3) is 11.0 Å². The molecule has 1 aliphatic heterocycles. The summed E-state index contributed by atoms with van der Waals surface area (Å²) in [5, 5.41) is 0.760. The van der Waals surface area contributed by atoms with Crippen LogP contribution in [-0.4, -0.2) is 31.5 Å². The van der Waals surface area contributed by atoms with Gasteiger partial charge in [0.2, 0.25) is 5.91 Å². The Kier molecular flexibility index (Phi) is 3.31. The van der Waals surface area contributed by atoms with Gasteiger partial charge in [0.15, 0.2) is 0 Å². The normalized spacial score (nSPS) is 13.4. The molecule has 0 radical (unpaired) electrons. The van der Waals surface area contributed by atoms with E-state index in [0.717, 1.165) is 27.8 Å². The number of amides is 3. The van der Waals surface area contributed by atoms with E-state index in [9.17, 15) is 14.4 Å². The number of benzene rings is 2. The zero-order valence-electron chi connectivity index (χ0n) is 12.2. The van der Waals surface area contributed by atoms with Crippen LogP contribution >= 0.6 is 11.7 Å². The Balaban J connectivity index is 1.50. The predicted octanol–water partition coefficient (Wildman–Crippen LogP) is 1.56. The molecule has 1 aromatic heterocycles. The standard InChI is InChI=1S/C16H10N4O3S/c21-14(8-9-5-6-12-13(7-9)19-24-18-12)17-20-15(22)10-3-1-2-4-11(10)16(20)23/h1-7H,8H2,(H,17,21). The van der Waals surface area contributed by atoms with Crippen molar-refractivity contribution in [1.82, 2.24) is 19.2 Å². The number of imide groups is 1. The molecule has 0 unspecified atom stereocenters. The second-order valence-corrected chi connectivity index (χ2v) is 5.82. The average Bonchev–Trinajstić information content (AvgIpc) is 3.14. The number of hydrogen-bond acceptors (Lipinski definition) is 6. The Morgan fingerprint density at radius 3 is 2.38 bits per heavy atom. The number of fused-ring (bicyclic) bond motifs is 2. The van der Waals surface area contributed by atoms with E-state index < -0.39 is 17.7 Å². The van der Waals surface area contributed by atoms with Crippen molar-refractivity contribution in [2.75, 3.05) is 0 Å². The summed E-state index contributed by atoms with van der Waals surface area (Å²) >= 11 is 1.10. The highest BCUT2D eigenvalue weighted by molar-refractivity contribution is 7.00. The number of carbonyl (C=O) groups excluding carboxylic acids is 3. The van der Waals surface area contributed by atoms with Crippen molar-refractivity contribution in [3.8, 4) is 0 Å². The molecule has 0 atom stereocenters. The molecule has 24 heavy (non-hydrogen) atoms. The van der Waals surface area contributed by atoms with Gasteiger partial charge in [-0.2, -0.15) is 13.8 Å². The number of carbonyl (C=O) groups is 3. The lowest BCUT2D eigenvalue weighted by Crippen LogP contribution is -2.46. The summed E-state index contributed by atoms with van der Waals surface area (Å²) in [5.41, 5.74) is 5.16. The fourth-order valence-corrected chi connectivity index (χ4v) is 3.10. The van der Waals surface area contributed by atoms with Crippen LogP contribution in [-0.2, 0) is 11.2 Å². The van der Waals surface area contributed by atoms with Crippen LogP contribution in [0.2, 0.25) is 0 Å². The van der Waals surface area contributed by atoms with Gasteiger partial charge in [-0.05, 0) is 29.8 Å². The van der Waals surface area contributed by atoms with E-state index in [-0.39, 0.29) is 17.5 Å². The molecule has 118 valence electrons. The minimum atomic E-state index is -0.525. The highest BCUT2D eigenvalue weighted by atomic mass is 32.1. The maximum Gasteiger partial charge on any atom is 0.280 e. The van der Waals surface area contributed by atoms with Crippen molar-refractivity contribution in [3.63, 3.8) is 0 Å². The molecule has 1 N–H and O–H groups in total. The summed E-state index contributed by atoms with van der Waals surface area (Å²) in [7, 11) is 0. The Hall–Kier alpha value is -3.13. The number of hydrazine groups is 1. The average molecular weight is 338 g/mol. The lowest BCUT2D eigenvalue weighted by molar-refractivity contribution is -0.123. The molecular formula is C16H10N4O3S. The van der Waals surface area contributed by atoms with Gasteiger partial charge in [0.1, 0.15) is 11.0 Å². The second-order valence-electron chi connectivity index (χ2n) is 5.29. The van der Waals surface area contributed by atoms with Gasteiger partial charge in [-0.1, -0.05) is 18.2 Å². The van der Waals surface area contributed by atoms with E-state index in [1.54, 1.807) is 42.5 Å². The van der Waals surface area contributed by atoms with Gasteiger partial charge < -0.3 is 0 Å². The molecule has 0 saturated heterocycles. The third-order valence-corrected chi connectivity index (χ3v) is 4.27. The maximum absolute atomic E-state index is 12.2.